The normalized spacial score (nSPS) is 23.9. The van der Waals surface area contributed by atoms with Crippen molar-refractivity contribution in [3.63, 3.8) is 0 Å². The summed E-state index contributed by atoms with van der Waals surface area (Å²) in [6, 6.07) is 1.79. The Hall–Kier alpha value is -4.80. The van der Waals surface area contributed by atoms with Gasteiger partial charge in [0.15, 0.2) is 5.78 Å². The number of amides is 5. The van der Waals surface area contributed by atoms with E-state index in [0.29, 0.717) is 24.0 Å². The maximum absolute atomic E-state index is 14.4. The number of hydrogen-bond acceptors (Lipinski definition) is 10. The molecule has 3 unspecified atom stereocenters. The molecule has 17 heteroatoms. The van der Waals surface area contributed by atoms with Gasteiger partial charge < -0.3 is 25.0 Å². The van der Waals surface area contributed by atoms with Gasteiger partial charge in [-0.1, -0.05) is 38.1 Å². The molecule has 2 saturated carbocycles. The highest BCUT2D eigenvalue weighted by Gasteiger charge is 2.62. The smallest absolute Gasteiger partial charge is 0.410 e. The topological polar surface area (TPSA) is 198 Å². The van der Waals surface area contributed by atoms with Crippen LogP contribution in [0, 0.1) is 17.7 Å². The lowest BCUT2D eigenvalue weighted by Gasteiger charge is -2.30. The molecule has 300 valence electrons. The number of benzene rings is 1. The summed E-state index contributed by atoms with van der Waals surface area (Å²) in [6.07, 6.45) is 2.01. The largest absolute Gasteiger partial charge is 0.444 e. The summed E-state index contributed by atoms with van der Waals surface area (Å²) in [4.78, 5) is 83.5. The number of likely N-dealkylation sites (tertiary alicyclic amines) is 1. The van der Waals surface area contributed by atoms with Crippen molar-refractivity contribution in [3.8, 4) is 0 Å². The fourth-order valence-electron chi connectivity index (χ4n) is 6.70. The summed E-state index contributed by atoms with van der Waals surface area (Å²) in [6.45, 7) is 12.1. The molecule has 1 aromatic rings. The molecule has 2 aliphatic carbocycles. The maximum Gasteiger partial charge on any atom is 0.410 e. The van der Waals surface area contributed by atoms with Crippen LogP contribution in [0.1, 0.15) is 84.3 Å². The molecule has 0 bridgehead atoms. The van der Waals surface area contributed by atoms with E-state index in [1.165, 1.54) is 29.2 Å². The SMILES string of the molecule is C=CC1CC1(NC(=O)C1C[C@@H](OC(=O)N2Cc3cccc(F)c3C2)CN1C(=O)[C@H](CCC(=O)/C=C/C(C)C)NC(=O)OC(C)(C)C)C(=O)NS(=O)(=O)C1CC1. The fraction of sp³-hybridized carbons (Fsp3) is 0.579. The van der Waals surface area contributed by atoms with Gasteiger partial charge in [0, 0.05) is 30.9 Å². The molecule has 2 heterocycles. The average Bonchev–Trinajstić information content (AvgIpc) is 3.98. The molecule has 5 atom stereocenters. The number of nitrogens with zero attached hydrogens (tertiary/aromatic N) is 2. The van der Waals surface area contributed by atoms with Gasteiger partial charge in [0.25, 0.3) is 5.91 Å². The minimum atomic E-state index is -3.97. The quantitative estimate of drug-likeness (QED) is 0.186. The third-order valence-electron chi connectivity index (χ3n) is 9.88. The number of carbonyl (C=O) groups is 6. The number of alkyl carbamates (subject to hydrolysis) is 1. The number of halogens is 1. The zero-order chi connectivity index (χ0) is 40.5. The Kier molecular flexibility index (Phi) is 12.1. The van der Waals surface area contributed by atoms with Crippen LogP contribution in [0.2, 0.25) is 0 Å². The minimum absolute atomic E-state index is 0.0499. The van der Waals surface area contributed by atoms with E-state index < -0.39 is 86.2 Å². The van der Waals surface area contributed by atoms with E-state index in [1.54, 1.807) is 32.9 Å². The Labute approximate surface area is 320 Å². The molecule has 3 fully saturated rings. The van der Waals surface area contributed by atoms with E-state index in [9.17, 15) is 41.6 Å². The van der Waals surface area contributed by atoms with Crippen LogP contribution in [0.5, 0.6) is 0 Å². The summed E-state index contributed by atoms with van der Waals surface area (Å²) in [5, 5.41) is 4.49. The number of fused-ring (bicyclic) bond motifs is 1. The van der Waals surface area contributed by atoms with Crippen molar-refractivity contribution in [3.05, 3.63) is 60.0 Å². The summed E-state index contributed by atoms with van der Waals surface area (Å²) in [5.74, 6) is -3.86. The van der Waals surface area contributed by atoms with Gasteiger partial charge in [-0.3, -0.25) is 28.8 Å². The number of sulfonamides is 1. The molecule has 5 amide bonds. The number of allylic oxidation sites excluding steroid dienone is 2. The number of carbonyl (C=O) groups excluding carboxylic acids is 6. The van der Waals surface area contributed by atoms with Gasteiger partial charge in [-0.25, -0.2) is 22.4 Å². The molecule has 2 aliphatic heterocycles. The third kappa shape index (κ3) is 10.1. The van der Waals surface area contributed by atoms with Crippen molar-refractivity contribution in [2.24, 2.45) is 11.8 Å². The molecule has 5 rings (SSSR count). The van der Waals surface area contributed by atoms with Crippen LogP contribution in [0.15, 0.2) is 43.0 Å². The van der Waals surface area contributed by atoms with Crippen molar-refractivity contribution in [2.75, 3.05) is 6.54 Å². The number of rotatable bonds is 14. The molecule has 15 nitrogen and oxygen atoms in total. The van der Waals surface area contributed by atoms with Crippen LogP contribution in [0.4, 0.5) is 14.0 Å². The molecule has 4 aliphatic rings. The van der Waals surface area contributed by atoms with E-state index in [2.05, 4.69) is 21.9 Å². The first kappa shape index (κ1) is 41.4. The number of hydrogen-bond donors (Lipinski definition) is 3. The van der Waals surface area contributed by atoms with Gasteiger partial charge in [-0.2, -0.15) is 0 Å². The molecule has 0 aromatic heterocycles. The Morgan fingerprint density at radius 3 is 2.42 bits per heavy atom. The molecule has 1 aromatic carbocycles. The Bertz CT molecular complexity index is 1870. The maximum atomic E-state index is 14.4. The van der Waals surface area contributed by atoms with E-state index in [-0.39, 0.29) is 57.0 Å². The number of nitrogens with one attached hydrogen (secondary N) is 3. The lowest BCUT2D eigenvalue weighted by atomic mass is 10.0. The van der Waals surface area contributed by atoms with E-state index in [0.717, 1.165) is 4.90 Å². The first-order valence-corrected chi connectivity index (χ1v) is 20.0. The van der Waals surface area contributed by atoms with Crippen molar-refractivity contribution >= 4 is 45.7 Å². The second-order valence-electron chi connectivity index (χ2n) is 16.0. The lowest BCUT2D eigenvalue weighted by molar-refractivity contribution is -0.141. The molecular weight excluding hydrogens is 738 g/mol. The Morgan fingerprint density at radius 1 is 1.11 bits per heavy atom. The predicted octanol–water partition coefficient (Wildman–Crippen LogP) is 3.37. The minimum Gasteiger partial charge on any atom is -0.444 e. The van der Waals surface area contributed by atoms with Crippen LogP contribution in [-0.2, 0) is 51.8 Å². The van der Waals surface area contributed by atoms with E-state index >= 15 is 0 Å². The number of ether oxygens (including phenoxy) is 2. The second kappa shape index (κ2) is 16.1. The van der Waals surface area contributed by atoms with Gasteiger partial charge in [-0.05, 0) is 70.1 Å². The highest BCUT2D eigenvalue weighted by atomic mass is 32.2. The second-order valence-corrected chi connectivity index (χ2v) is 17.9. The van der Waals surface area contributed by atoms with Crippen LogP contribution >= 0.6 is 0 Å². The van der Waals surface area contributed by atoms with Gasteiger partial charge in [0.05, 0.1) is 18.3 Å². The molecular formula is C38H50FN5O10S. The zero-order valence-corrected chi connectivity index (χ0v) is 32.6. The molecule has 0 radical (unpaired) electrons. The first-order valence-electron chi connectivity index (χ1n) is 18.5. The molecule has 3 N–H and O–H groups in total. The highest BCUT2D eigenvalue weighted by molar-refractivity contribution is 7.91. The van der Waals surface area contributed by atoms with E-state index in [4.69, 9.17) is 9.47 Å². The predicted molar refractivity (Wildman–Crippen MR) is 197 cm³/mol. The summed E-state index contributed by atoms with van der Waals surface area (Å²) < 4.78 is 53.0. The zero-order valence-electron chi connectivity index (χ0n) is 31.8. The van der Waals surface area contributed by atoms with Crippen LogP contribution < -0.4 is 15.4 Å². The van der Waals surface area contributed by atoms with Crippen molar-refractivity contribution in [1.82, 2.24) is 25.2 Å². The molecule has 0 spiro atoms. The van der Waals surface area contributed by atoms with Crippen molar-refractivity contribution in [1.29, 1.82) is 0 Å². The van der Waals surface area contributed by atoms with E-state index in [1.807, 2.05) is 13.8 Å². The monoisotopic (exact) mass is 787 g/mol. The standard InChI is InChI=1S/C38H50FN5O10S/c1-7-24-18-38(24,34(48)42-55(51,52)27-14-15-27)41-32(46)31-17-26(53-36(50)43-19-23-9-8-10-29(39)28(23)21-43)20-44(31)33(47)30(40-35(49)54-37(4,5)6)16-13-25(45)12-11-22(2)3/h7-12,22,24,26-27,30-31H,1,13-21H2,2-6H3,(H,40,49)(H,41,46)(H,42,48)/b12-11+/t24?,26-,30+,31?,38?/m1/s1. The summed E-state index contributed by atoms with van der Waals surface area (Å²) in [7, 11) is -3.97. The number of ketones is 1. The van der Waals surface area contributed by atoms with Gasteiger partial charge >= 0.3 is 12.2 Å². The lowest BCUT2D eigenvalue weighted by Crippen LogP contribution is -2.58. The van der Waals surface area contributed by atoms with Crippen molar-refractivity contribution < 1.29 is 51.0 Å². The van der Waals surface area contributed by atoms with Crippen LogP contribution in [0.25, 0.3) is 0 Å². The van der Waals surface area contributed by atoms with Crippen LogP contribution in [0.3, 0.4) is 0 Å². The van der Waals surface area contributed by atoms with Crippen LogP contribution in [-0.4, -0.2) is 95.0 Å². The fourth-order valence-corrected chi connectivity index (χ4v) is 8.06. The van der Waals surface area contributed by atoms with Gasteiger partial charge in [0.1, 0.15) is 35.1 Å². The van der Waals surface area contributed by atoms with Gasteiger partial charge in [-0.15, -0.1) is 6.58 Å². The summed E-state index contributed by atoms with van der Waals surface area (Å²) in [5.41, 5.74) is -1.64. The van der Waals surface area contributed by atoms with Crippen molar-refractivity contribution in [2.45, 2.75) is 121 Å². The average molecular weight is 788 g/mol. The summed E-state index contributed by atoms with van der Waals surface area (Å²) >= 11 is 0. The molecule has 1 saturated heterocycles. The Morgan fingerprint density at radius 2 is 1.82 bits per heavy atom. The van der Waals surface area contributed by atoms with Gasteiger partial charge in [0.2, 0.25) is 21.8 Å². The Balaban J connectivity index is 1.39. The third-order valence-corrected chi connectivity index (χ3v) is 11.7. The first-order chi connectivity index (χ1) is 25.7. The highest BCUT2D eigenvalue weighted by Crippen LogP contribution is 2.45. The molecule has 55 heavy (non-hydrogen) atoms.